The standard InChI is InChI=1S/C24H21N3O6S/c1-13(28)20-12-34-23(25-20)27-22(31)19(10-21(29)30)26-24(32)33-11-18-16-8-4-2-6-14(16)15-7-3-5-9-17(15)18/h2-9,12,18-19H,10-11H2,1H3,(H,26,32)(H,29,30)(H,25,27,31). The van der Waals surface area contributed by atoms with E-state index < -0.39 is 30.4 Å². The lowest BCUT2D eigenvalue weighted by atomic mass is 9.98. The third-order valence-electron chi connectivity index (χ3n) is 5.43. The number of rotatable bonds is 8. The van der Waals surface area contributed by atoms with Crippen molar-refractivity contribution in [1.29, 1.82) is 0 Å². The van der Waals surface area contributed by atoms with E-state index in [-0.39, 0.29) is 29.1 Å². The van der Waals surface area contributed by atoms with Crippen molar-refractivity contribution in [3.63, 3.8) is 0 Å². The minimum Gasteiger partial charge on any atom is -0.481 e. The highest BCUT2D eigenvalue weighted by atomic mass is 32.1. The second-order valence-electron chi connectivity index (χ2n) is 7.70. The van der Waals surface area contributed by atoms with E-state index in [4.69, 9.17) is 4.74 Å². The number of nitrogens with zero attached hydrogens (tertiary/aromatic N) is 1. The number of ether oxygens (including phenoxy) is 1. The Bertz CT molecular complexity index is 1230. The van der Waals surface area contributed by atoms with Crippen LogP contribution in [0.1, 0.15) is 40.9 Å². The van der Waals surface area contributed by atoms with Crippen molar-refractivity contribution < 1.29 is 29.0 Å². The molecule has 34 heavy (non-hydrogen) atoms. The normalized spacial score (nSPS) is 12.9. The number of benzene rings is 2. The summed E-state index contributed by atoms with van der Waals surface area (Å²) in [5.74, 6) is -2.50. The van der Waals surface area contributed by atoms with E-state index in [1.807, 2.05) is 48.5 Å². The molecule has 2 aromatic carbocycles. The molecule has 3 N–H and O–H groups in total. The molecule has 0 saturated heterocycles. The van der Waals surface area contributed by atoms with E-state index in [0.29, 0.717) is 0 Å². The second kappa shape index (κ2) is 9.84. The van der Waals surface area contributed by atoms with Crippen LogP contribution in [-0.4, -0.2) is 46.5 Å². The number of carbonyl (C=O) groups excluding carboxylic acids is 3. The maximum Gasteiger partial charge on any atom is 0.407 e. The van der Waals surface area contributed by atoms with Crippen LogP contribution in [0.5, 0.6) is 0 Å². The van der Waals surface area contributed by atoms with Gasteiger partial charge < -0.3 is 20.5 Å². The van der Waals surface area contributed by atoms with Gasteiger partial charge in [0.2, 0.25) is 5.91 Å². The highest BCUT2D eigenvalue weighted by Gasteiger charge is 2.30. The number of nitrogens with one attached hydrogen (secondary N) is 2. The molecule has 4 rings (SSSR count). The van der Waals surface area contributed by atoms with Gasteiger partial charge in [-0.15, -0.1) is 11.3 Å². The number of ketones is 1. The van der Waals surface area contributed by atoms with Crippen LogP contribution in [0.3, 0.4) is 0 Å². The van der Waals surface area contributed by atoms with Crippen molar-refractivity contribution in [2.24, 2.45) is 0 Å². The Morgan fingerprint density at radius 2 is 1.68 bits per heavy atom. The molecule has 0 spiro atoms. The number of carboxylic acids is 1. The first-order chi connectivity index (χ1) is 16.3. The average molecular weight is 480 g/mol. The van der Waals surface area contributed by atoms with Gasteiger partial charge in [-0.1, -0.05) is 48.5 Å². The topological polar surface area (TPSA) is 135 Å². The number of aliphatic carboxylic acids is 1. The summed E-state index contributed by atoms with van der Waals surface area (Å²) in [5.41, 5.74) is 4.38. The molecule has 0 fully saturated rings. The van der Waals surface area contributed by atoms with Gasteiger partial charge in [0.15, 0.2) is 10.9 Å². The zero-order valence-corrected chi connectivity index (χ0v) is 18.9. The van der Waals surface area contributed by atoms with Gasteiger partial charge in [0.1, 0.15) is 18.3 Å². The molecule has 1 unspecified atom stereocenters. The van der Waals surface area contributed by atoms with Gasteiger partial charge in [-0.25, -0.2) is 9.78 Å². The van der Waals surface area contributed by atoms with Crippen molar-refractivity contribution in [2.45, 2.75) is 25.3 Å². The van der Waals surface area contributed by atoms with Crippen molar-refractivity contribution in [3.05, 3.63) is 70.7 Å². The Labute approximate surface area is 198 Å². The highest BCUT2D eigenvalue weighted by Crippen LogP contribution is 2.44. The Hall–Kier alpha value is -4.05. The van der Waals surface area contributed by atoms with E-state index in [1.165, 1.54) is 12.3 Å². The van der Waals surface area contributed by atoms with Crippen LogP contribution in [0, 0.1) is 0 Å². The van der Waals surface area contributed by atoms with Crippen LogP contribution in [0.2, 0.25) is 0 Å². The van der Waals surface area contributed by atoms with Crippen molar-refractivity contribution in [3.8, 4) is 11.1 Å². The first kappa shape index (κ1) is 23.1. The maximum atomic E-state index is 12.6. The zero-order chi connectivity index (χ0) is 24.2. The largest absolute Gasteiger partial charge is 0.481 e. The first-order valence-electron chi connectivity index (χ1n) is 10.4. The number of fused-ring (bicyclic) bond motifs is 3. The summed E-state index contributed by atoms with van der Waals surface area (Å²) in [4.78, 5) is 51.7. The molecule has 1 aliphatic rings. The number of thiazole rings is 1. The minimum atomic E-state index is -1.39. The summed E-state index contributed by atoms with van der Waals surface area (Å²) >= 11 is 1.02. The van der Waals surface area contributed by atoms with Crippen molar-refractivity contribution in [2.75, 3.05) is 11.9 Å². The summed E-state index contributed by atoms with van der Waals surface area (Å²) in [5, 5.41) is 15.5. The van der Waals surface area contributed by atoms with Crippen LogP contribution in [0.15, 0.2) is 53.9 Å². The Morgan fingerprint density at radius 3 is 2.24 bits per heavy atom. The van der Waals surface area contributed by atoms with E-state index in [9.17, 15) is 24.3 Å². The van der Waals surface area contributed by atoms with Crippen molar-refractivity contribution in [1.82, 2.24) is 10.3 Å². The number of carbonyl (C=O) groups is 4. The third kappa shape index (κ3) is 4.96. The lowest BCUT2D eigenvalue weighted by Gasteiger charge is -2.18. The summed E-state index contributed by atoms with van der Waals surface area (Å²) in [6.45, 7) is 1.36. The average Bonchev–Trinajstić information content (AvgIpc) is 3.40. The molecule has 1 atom stereocenters. The second-order valence-corrected chi connectivity index (χ2v) is 8.56. The highest BCUT2D eigenvalue weighted by molar-refractivity contribution is 7.14. The summed E-state index contributed by atoms with van der Waals surface area (Å²) in [6, 6.07) is 14.3. The summed E-state index contributed by atoms with van der Waals surface area (Å²) in [7, 11) is 0. The molecule has 0 bridgehead atoms. The molecule has 1 aromatic heterocycles. The Balaban J connectivity index is 1.42. The smallest absolute Gasteiger partial charge is 0.407 e. The van der Waals surface area contributed by atoms with Crippen LogP contribution in [0.4, 0.5) is 9.93 Å². The molecule has 2 amide bonds. The number of Topliss-reactive ketones (excluding diaryl/α,β-unsaturated/α-hetero) is 1. The number of hydrogen-bond donors (Lipinski definition) is 3. The summed E-state index contributed by atoms with van der Waals surface area (Å²) in [6.07, 6.45) is -1.56. The predicted molar refractivity (Wildman–Crippen MR) is 125 cm³/mol. The quantitative estimate of drug-likeness (QED) is 0.420. The Morgan fingerprint density at radius 1 is 1.06 bits per heavy atom. The fourth-order valence-electron chi connectivity index (χ4n) is 3.85. The molecule has 1 aliphatic carbocycles. The number of anilines is 1. The van der Waals surface area contributed by atoms with Crippen molar-refractivity contribution >= 4 is 40.2 Å². The van der Waals surface area contributed by atoms with E-state index in [2.05, 4.69) is 15.6 Å². The minimum absolute atomic E-state index is 0.0235. The van der Waals surface area contributed by atoms with Gasteiger partial charge in [0.05, 0.1) is 6.42 Å². The van der Waals surface area contributed by atoms with Gasteiger partial charge in [-0.3, -0.25) is 14.4 Å². The molecule has 9 nitrogen and oxygen atoms in total. The molecule has 10 heteroatoms. The van der Waals surface area contributed by atoms with Crippen LogP contribution in [0.25, 0.3) is 11.1 Å². The fourth-order valence-corrected chi connectivity index (χ4v) is 4.60. The van der Waals surface area contributed by atoms with Gasteiger partial charge >= 0.3 is 12.1 Å². The molecule has 174 valence electrons. The van der Waals surface area contributed by atoms with Crippen LogP contribution < -0.4 is 10.6 Å². The molecule has 3 aromatic rings. The number of hydrogen-bond acceptors (Lipinski definition) is 7. The van der Waals surface area contributed by atoms with E-state index >= 15 is 0 Å². The lowest BCUT2D eigenvalue weighted by Crippen LogP contribution is -2.45. The van der Waals surface area contributed by atoms with E-state index in [1.54, 1.807) is 0 Å². The first-order valence-corrected chi connectivity index (χ1v) is 11.3. The monoisotopic (exact) mass is 479 g/mol. The number of amides is 2. The van der Waals surface area contributed by atoms with Gasteiger partial charge in [0, 0.05) is 18.2 Å². The molecular weight excluding hydrogens is 458 g/mol. The SMILES string of the molecule is CC(=O)c1csc(NC(=O)C(CC(=O)O)NC(=O)OCC2c3ccccc3-c3ccccc32)n1. The number of alkyl carbamates (subject to hydrolysis) is 1. The summed E-state index contributed by atoms with van der Waals surface area (Å²) < 4.78 is 5.41. The predicted octanol–water partition coefficient (Wildman–Crippen LogP) is 3.67. The Kier molecular flexibility index (Phi) is 6.69. The molecule has 0 aliphatic heterocycles. The van der Waals surface area contributed by atoms with Crippen LogP contribution >= 0.6 is 11.3 Å². The molecule has 0 saturated carbocycles. The maximum absolute atomic E-state index is 12.6. The molecule has 0 radical (unpaired) electrons. The zero-order valence-electron chi connectivity index (χ0n) is 18.1. The fraction of sp³-hybridized carbons (Fsp3) is 0.208. The third-order valence-corrected chi connectivity index (χ3v) is 6.18. The van der Waals surface area contributed by atoms with E-state index in [0.717, 1.165) is 33.6 Å². The molecule has 1 heterocycles. The number of aromatic nitrogens is 1. The van der Waals surface area contributed by atoms with Gasteiger partial charge in [-0.2, -0.15) is 0 Å². The van der Waals surface area contributed by atoms with Gasteiger partial charge in [0.25, 0.3) is 0 Å². The number of carboxylic acid groups (broad SMARTS) is 1. The lowest BCUT2D eigenvalue weighted by molar-refractivity contribution is -0.139. The van der Waals surface area contributed by atoms with Crippen LogP contribution in [-0.2, 0) is 14.3 Å². The van der Waals surface area contributed by atoms with Gasteiger partial charge in [-0.05, 0) is 22.3 Å². The molecular formula is C24H21N3O6S.